The monoisotopic (exact) mass is 525 g/mol. The molecule has 6 nitrogen and oxygen atoms in total. The third-order valence-electron chi connectivity index (χ3n) is 7.28. The quantitative estimate of drug-likeness (QED) is 0.318. The minimum Gasteiger partial charge on any atom is -0.327 e. The molecule has 2 atom stereocenters. The van der Waals surface area contributed by atoms with Gasteiger partial charge in [0.25, 0.3) is 5.91 Å². The Bertz CT molecular complexity index is 1490. The molecule has 2 aromatic heterocycles. The molecule has 2 aliphatic heterocycles. The molecule has 37 heavy (non-hydrogen) atoms. The lowest BCUT2D eigenvalue weighted by Gasteiger charge is -2.45. The fraction of sp³-hybridized carbons (Fsp3) is 0.296. The summed E-state index contributed by atoms with van der Waals surface area (Å²) in [5.41, 5.74) is 2.35. The number of halogens is 4. The van der Waals surface area contributed by atoms with Crippen molar-refractivity contribution in [3.63, 3.8) is 0 Å². The number of hydrogen-bond acceptors (Lipinski definition) is 3. The van der Waals surface area contributed by atoms with E-state index in [0.717, 1.165) is 39.8 Å². The summed E-state index contributed by atoms with van der Waals surface area (Å²) in [7, 11) is 1.84. The summed E-state index contributed by atoms with van der Waals surface area (Å²) in [4.78, 5) is 15.5. The summed E-state index contributed by atoms with van der Waals surface area (Å²) < 4.78 is 45.5. The molecule has 0 spiro atoms. The van der Waals surface area contributed by atoms with E-state index in [1.54, 1.807) is 33.8 Å². The molecule has 4 heterocycles. The van der Waals surface area contributed by atoms with Crippen LogP contribution in [0.2, 0.25) is 5.02 Å². The normalized spacial score (nSPS) is 19.1. The minimum absolute atomic E-state index is 0.234. The van der Waals surface area contributed by atoms with Gasteiger partial charge in [-0.2, -0.15) is 23.4 Å². The maximum absolute atomic E-state index is 14.3. The van der Waals surface area contributed by atoms with Crippen LogP contribution in [-0.2, 0) is 19.6 Å². The standard InChI is InChI=1S/C27H23ClF3N5O/c1-34-24(16-7-5-8-17(28)13-16)20-14-19-11-6-12-22(23(20)33-34)35(19)26(37)21-15-32-36(25(21)27(29,30)31)18-9-3-2-4-10-18/h2-5,7-10,13,15,19,22H,6,11-12,14H2,1H3. The number of carbonyl (C=O) groups excluding carboxylic acids is 1. The summed E-state index contributed by atoms with van der Waals surface area (Å²) in [5.74, 6) is -0.662. The highest BCUT2D eigenvalue weighted by Gasteiger charge is 2.47. The van der Waals surface area contributed by atoms with Crippen molar-refractivity contribution in [3.8, 4) is 16.9 Å². The van der Waals surface area contributed by atoms with Crippen molar-refractivity contribution in [2.75, 3.05) is 0 Å². The molecular formula is C27H23ClF3N5O. The van der Waals surface area contributed by atoms with E-state index in [0.29, 0.717) is 24.3 Å². The smallest absolute Gasteiger partial charge is 0.327 e. The second-order valence-electron chi connectivity index (χ2n) is 9.52. The number of rotatable bonds is 3. The van der Waals surface area contributed by atoms with Gasteiger partial charge >= 0.3 is 6.18 Å². The van der Waals surface area contributed by atoms with Crippen molar-refractivity contribution in [1.82, 2.24) is 24.5 Å². The van der Waals surface area contributed by atoms with E-state index >= 15 is 0 Å². The van der Waals surface area contributed by atoms with E-state index < -0.39 is 29.4 Å². The van der Waals surface area contributed by atoms with Gasteiger partial charge in [-0.05, 0) is 49.9 Å². The molecule has 2 aliphatic rings. The van der Waals surface area contributed by atoms with Gasteiger partial charge in [0.2, 0.25) is 0 Å². The fourth-order valence-corrected chi connectivity index (χ4v) is 6.02. The number of piperidine rings is 1. The van der Waals surface area contributed by atoms with Crippen molar-refractivity contribution >= 4 is 17.5 Å². The summed E-state index contributed by atoms with van der Waals surface area (Å²) in [6, 6.07) is 14.9. The molecule has 1 saturated heterocycles. The highest BCUT2D eigenvalue weighted by Crippen LogP contribution is 2.46. The van der Waals surface area contributed by atoms with Gasteiger partial charge in [0.15, 0.2) is 5.69 Å². The van der Waals surface area contributed by atoms with Gasteiger partial charge in [-0.15, -0.1) is 0 Å². The molecule has 6 rings (SSSR count). The highest BCUT2D eigenvalue weighted by molar-refractivity contribution is 6.30. The first-order valence-corrected chi connectivity index (χ1v) is 12.5. The first kappa shape index (κ1) is 23.8. The number of para-hydroxylation sites is 1. The molecule has 2 unspecified atom stereocenters. The van der Waals surface area contributed by atoms with Crippen LogP contribution in [-0.4, -0.2) is 36.4 Å². The maximum atomic E-state index is 14.3. The van der Waals surface area contributed by atoms with Crippen LogP contribution in [0.3, 0.4) is 0 Å². The van der Waals surface area contributed by atoms with E-state index in [4.69, 9.17) is 16.7 Å². The molecule has 2 bridgehead atoms. The van der Waals surface area contributed by atoms with E-state index in [1.807, 2.05) is 25.2 Å². The Labute approximate surface area is 216 Å². The predicted octanol–water partition coefficient (Wildman–Crippen LogP) is 6.24. The molecule has 2 aromatic carbocycles. The van der Waals surface area contributed by atoms with Crippen LogP contribution >= 0.6 is 11.6 Å². The van der Waals surface area contributed by atoms with E-state index in [-0.39, 0.29) is 11.7 Å². The number of nitrogens with zero attached hydrogens (tertiary/aromatic N) is 5. The second-order valence-corrected chi connectivity index (χ2v) is 9.95. The highest BCUT2D eigenvalue weighted by atomic mass is 35.5. The number of aryl methyl sites for hydroxylation is 1. The predicted molar refractivity (Wildman–Crippen MR) is 132 cm³/mol. The first-order chi connectivity index (χ1) is 17.7. The molecule has 1 amide bonds. The third kappa shape index (κ3) is 3.92. The number of hydrogen-bond donors (Lipinski definition) is 0. The van der Waals surface area contributed by atoms with E-state index in [9.17, 15) is 18.0 Å². The zero-order valence-electron chi connectivity index (χ0n) is 19.9. The average Bonchev–Trinajstić information content (AvgIpc) is 3.45. The van der Waals surface area contributed by atoms with Crippen molar-refractivity contribution in [3.05, 3.63) is 88.3 Å². The Morgan fingerprint density at radius 1 is 1.08 bits per heavy atom. The van der Waals surface area contributed by atoms with Crippen LogP contribution in [0.5, 0.6) is 0 Å². The zero-order chi connectivity index (χ0) is 25.9. The first-order valence-electron chi connectivity index (χ1n) is 12.1. The van der Waals surface area contributed by atoms with Crippen molar-refractivity contribution < 1.29 is 18.0 Å². The lowest BCUT2D eigenvalue weighted by atomic mass is 9.81. The number of aromatic nitrogens is 4. The van der Waals surface area contributed by atoms with E-state index in [2.05, 4.69) is 5.10 Å². The Morgan fingerprint density at radius 2 is 1.86 bits per heavy atom. The summed E-state index contributed by atoms with van der Waals surface area (Å²) in [6.07, 6.45) is -0.995. The Morgan fingerprint density at radius 3 is 2.59 bits per heavy atom. The van der Waals surface area contributed by atoms with Crippen LogP contribution < -0.4 is 0 Å². The van der Waals surface area contributed by atoms with Crippen molar-refractivity contribution in [1.29, 1.82) is 0 Å². The third-order valence-corrected chi connectivity index (χ3v) is 7.51. The van der Waals surface area contributed by atoms with Gasteiger partial charge in [0, 0.05) is 29.2 Å². The number of fused-ring (bicyclic) bond motifs is 4. The largest absolute Gasteiger partial charge is 0.434 e. The van der Waals surface area contributed by atoms with Gasteiger partial charge in [-0.3, -0.25) is 9.48 Å². The van der Waals surface area contributed by atoms with Gasteiger partial charge in [0.05, 0.1) is 34.9 Å². The topological polar surface area (TPSA) is 56.0 Å². The van der Waals surface area contributed by atoms with Gasteiger partial charge in [-0.1, -0.05) is 41.9 Å². The van der Waals surface area contributed by atoms with Crippen molar-refractivity contribution in [2.45, 2.75) is 43.9 Å². The van der Waals surface area contributed by atoms with E-state index in [1.165, 1.54) is 12.1 Å². The van der Waals surface area contributed by atoms with Crippen LogP contribution in [0.4, 0.5) is 13.2 Å². The van der Waals surface area contributed by atoms with Crippen LogP contribution in [0.15, 0.2) is 60.8 Å². The van der Waals surface area contributed by atoms with Gasteiger partial charge in [-0.25, -0.2) is 4.68 Å². The van der Waals surface area contributed by atoms with Crippen LogP contribution in [0, 0.1) is 0 Å². The molecule has 10 heteroatoms. The second kappa shape index (κ2) is 8.76. The van der Waals surface area contributed by atoms with Crippen molar-refractivity contribution in [2.24, 2.45) is 7.05 Å². The minimum atomic E-state index is -4.77. The zero-order valence-corrected chi connectivity index (χ0v) is 20.7. The molecule has 0 aliphatic carbocycles. The Hall–Kier alpha value is -3.59. The average molecular weight is 526 g/mol. The fourth-order valence-electron chi connectivity index (χ4n) is 5.83. The summed E-state index contributed by atoms with van der Waals surface area (Å²) in [6.45, 7) is 0. The molecule has 0 radical (unpaired) electrons. The van der Waals surface area contributed by atoms with Gasteiger partial charge in [0.1, 0.15) is 0 Å². The van der Waals surface area contributed by atoms with Gasteiger partial charge < -0.3 is 4.90 Å². The number of benzene rings is 2. The molecule has 0 saturated carbocycles. The Balaban J connectivity index is 1.44. The Kier molecular flexibility index (Phi) is 5.63. The summed E-state index contributed by atoms with van der Waals surface area (Å²) >= 11 is 6.24. The number of carbonyl (C=O) groups is 1. The molecule has 0 N–H and O–H groups in total. The van der Waals surface area contributed by atoms with Crippen LogP contribution in [0.1, 0.15) is 52.6 Å². The lowest BCUT2D eigenvalue weighted by molar-refractivity contribution is -0.143. The number of alkyl halides is 3. The lowest BCUT2D eigenvalue weighted by Crippen LogP contribution is -2.50. The SMILES string of the molecule is Cn1nc2c(c1-c1cccc(Cl)c1)CC1CCCC2N1C(=O)c1cnn(-c2ccccc2)c1C(F)(F)F. The molecular weight excluding hydrogens is 503 g/mol. The van der Waals surface area contributed by atoms with Crippen LogP contribution in [0.25, 0.3) is 16.9 Å². The molecule has 190 valence electrons. The molecule has 4 aromatic rings. The maximum Gasteiger partial charge on any atom is 0.434 e. The summed E-state index contributed by atoms with van der Waals surface area (Å²) in [5, 5.41) is 9.36. The number of amides is 1. The molecule has 1 fully saturated rings.